The maximum atomic E-state index is 13.2. The quantitative estimate of drug-likeness (QED) is 0.534. The monoisotopic (exact) mass is 471 g/mol. The van der Waals surface area contributed by atoms with E-state index in [0.29, 0.717) is 29.2 Å². The van der Waals surface area contributed by atoms with Gasteiger partial charge in [-0.05, 0) is 64.7 Å². The molecule has 0 amide bonds. The lowest BCUT2D eigenvalue weighted by Gasteiger charge is -2.40. The van der Waals surface area contributed by atoms with E-state index in [1.807, 2.05) is 58.3 Å². The highest BCUT2D eigenvalue weighted by molar-refractivity contribution is 9.10. The van der Waals surface area contributed by atoms with E-state index in [1.54, 1.807) is 18.6 Å². The first kappa shape index (κ1) is 19.5. The molecule has 1 aliphatic carbocycles. The maximum absolute atomic E-state index is 13.2. The molecule has 4 heterocycles. The highest BCUT2D eigenvalue weighted by atomic mass is 79.9. The Morgan fingerprint density at radius 2 is 1.94 bits per heavy atom. The van der Waals surface area contributed by atoms with E-state index >= 15 is 0 Å². The molecule has 0 spiro atoms. The lowest BCUT2D eigenvalue weighted by Crippen LogP contribution is -2.37. The van der Waals surface area contributed by atoms with E-state index in [2.05, 4.69) is 32.0 Å². The number of Topliss-reactive ketones (excluding diaryl/α,β-unsaturated/α-hetero) is 1. The van der Waals surface area contributed by atoms with E-state index in [-0.39, 0.29) is 5.78 Å². The first-order valence-electron chi connectivity index (χ1n) is 10.0. The van der Waals surface area contributed by atoms with E-state index < -0.39 is 5.92 Å². The molecule has 3 aromatic rings. The summed E-state index contributed by atoms with van der Waals surface area (Å²) in [6.07, 6.45) is 11.0. The topological polar surface area (TPSA) is 74.8 Å². The lowest BCUT2D eigenvalue weighted by atomic mass is 9.76. The Balaban J connectivity index is 1.84. The summed E-state index contributed by atoms with van der Waals surface area (Å²) in [4.78, 5) is 24.1. The molecule has 0 aromatic carbocycles. The number of carbonyl (C=O) groups excluding carboxylic acids is 1. The van der Waals surface area contributed by atoms with Crippen LogP contribution in [0.4, 0.5) is 5.82 Å². The molecule has 0 bridgehead atoms. The molecule has 0 saturated heterocycles. The molecule has 1 unspecified atom stereocenters. The van der Waals surface area contributed by atoms with Crippen LogP contribution in [0.3, 0.4) is 0 Å². The van der Waals surface area contributed by atoms with Gasteiger partial charge in [-0.2, -0.15) is 5.26 Å². The Morgan fingerprint density at radius 3 is 2.61 bits per heavy atom. The van der Waals surface area contributed by atoms with Gasteiger partial charge in [-0.25, -0.2) is 4.98 Å². The number of nitrogens with zero attached hydrogens (tertiary/aromatic N) is 5. The molecule has 3 aromatic heterocycles. The number of anilines is 1. The summed E-state index contributed by atoms with van der Waals surface area (Å²) in [6, 6.07) is 13.9. The zero-order valence-corrected chi connectivity index (χ0v) is 18.2. The van der Waals surface area contributed by atoms with Crippen LogP contribution in [0.25, 0.3) is 5.82 Å². The van der Waals surface area contributed by atoms with Gasteiger partial charge in [0.2, 0.25) is 0 Å². The van der Waals surface area contributed by atoms with Crippen molar-refractivity contribution in [1.82, 2.24) is 14.5 Å². The number of hydrogen-bond donors (Lipinski definition) is 0. The summed E-state index contributed by atoms with van der Waals surface area (Å²) in [5.74, 6) is 0.998. The molecule has 2 aliphatic rings. The van der Waals surface area contributed by atoms with Gasteiger partial charge in [-0.1, -0.05) is 6.07 Å². The number of pyridine rings is 2. The largest absolute Gasteiger partial charge is 0.309 e. The van der Waals surface area contributed by atoms with E-state index in [1.165, 1.54) is 0 Å². The zero-order chi connectivity index (χ0) is 21.4. The molecule has 1 atom stereocenters. The SMILES string of the molecule is N#CC1=C(n2cccc2)N(c2ccc(Br)cn2)C2=C(C(=O)CCC2)C1c1cccnc1. The Hall–Kier alpha value is -3.50. The molecule has 0 radical (unpaired) electrons. The normalized spacial score (nSPS) is 18.8. The summed E-state index contributed by atoms with van der Waals surface area (Å²) in [6.45, 7) is 0. The van der Waals surface area contributed by atoms with Crippen molar-refractivity contribution in [3.8, 4) is 6.07 Å². The first-order chi connectivity index (χ1) is 15.2. The van der Waals surface area contributed by atoms with Crippen molar-refractivity contribution in [1.29, 1.82) is 5.26 Å². The summed E-state index contributed by atoms with van der Waals surface area (Å²) < 4.78 is 2.79. The fourth-order valence-electron chi connectivity index (χ4n) is 4.40. The summed E-state index contributed by atoms with van der Waals surface area (Å²) in [5.41, 5.74) is 2.93. The van der Waals surface area contributed by atoms with Gasteiger partial charge in [0.1, 0.15) is 11.6 Å². The van der Waals surface area contributed by atoms with Crippen LogP contribution in [0.15, 0.2) is 88.7 Å². The molecule has 5 rings (SSSR count). The fourth-order valence-corrected chi connectivity index (χ4v) is 4.63. The molecule has 6 nitrogen and oxygen atoms in total. The molecule has 1 aliphatic heterocycles. The molecule has 7 heteroatoms. The third-order valence-corrected chi connectivity index (χ3v) is 6.13. The van der Waals surface area contributed by atoms with Crippen LogP contribution in [0.5, 0.6) is 0 Å². The van der Waals surface area contributed by atoms with Crippen LogP contribution >= 0.6 is 15.9 Å². The fraction of sp³-hybridized carbons (Fsp3) is 0.167. The standard InChI is InChI=1S/C24H18BrN5O/c25-17-8-9-21(28-15-17)30-19-6-3-7-20(31)23(19)22(16-5-4-10-27-14-16)18(13-26)24(30)29-11-1-2-12-29/h1-2,4-5,8-12,14-15,22H,3,6-7H2. The van der Waals surface area contributed by atoms with Crippen molar-refractivity contribution in [2.75, 3.05) is 4.90 Å². The molecule has 0 saturated carbocycles. The van der Waals surface area contributed by atoms with Gasteiger partial charge in [0.25, 0.3) is 0 Å². The number of nitriles is 1. The number of halogens is 1. The summed E-state index contributed by atoms with van der Waals surface area (Å²) in [7, 11) is 0. The lowest BCUT2D eigenvalue weighted by molar-refractivity contribution is -0.116. The average Bonchev–Trinajstić information content (AvgIpc) is 3.33. The van der Waals surface area contributed by atoms with Crippen LogP contribution in [0.1, 0.15) is 30.7 Å². The van der Waals surface area contributed by atoms with Crippen LogP contribution in [-0.2, 0) is 4.79 Å². The van der Waals surface area contributed by atoms with Gasteiger partial charge in [0.15, 0.2) is 5.78 Å². The maximum Gasteiger partial charge on any atom is 0.161 e. The van der Waals surface area contributed by atoms with Crippen molar-refractivity contribution >= 4 is 33.4 Å². The van der Waals surface area contributed by atoms with Crippen molar-refractivity contribution in [2.45, 2.75) is 25.2 Å². The molecule has 0 fully saturated rings. The Labute approximate surface area is 188 Å². The highest BCUT2D eigenvalue weighted by Gasteiger charge is 2.42. The van der Waals surface area contributed by atoms with Crippen LogP contribution in [-0.4, -0.2) is 20.3 Å². The van der Waals surface area contributed by atoms with E-state index in [4.69, 9.17) is 0 Å². The predicted molar refractivity (Wildman–Crippen MR) is 121 cm³/mol. The second-order valence-electron chi connectivity index (χ2n) is 7.47. The average molecular weight is 472 g/mol. The van der Waals surface area contributed by atoms with Gasteiger partial charge >= 0.3 is 0 Å². The van der Waals surface area contributed by atoms with E-state index in [9.17, 15) is 10.1 Å². The minimum atomic E-state index is -0.453. The van der Waals surface area contributed by atoms with Gasteiger partial charge in [-0.15, -0.1) is 0 Å². The Morgan fingerprint density at radius 1 is 1.10 bits per heavy atom. The Kier molecular flexibility index (Phi) is 5.00. The minimum absolute atomic E-state index is 0.0801. The number of aromatic nitrogens is 3. The second kappa shape index (κ2) is 7.97. The van der Waals surface area contributed by atoms with Gasteiger partial charge in [0.05, 0.1) is 17.6 Å². The van der Waals surface area contributed by atoms with Gasteiger partial charge in [0, 0.05) is 53.1 Å². The van der Waals surface area contributed by atoms with Gasteiger partial charge in [-0.3, -0.25) is 14.7 Å². The van der Waals surface area contributed by atoms with Gasteiger partial charge < -0.3 is 4.57 Å². The van der Waals surface area contributed by atoms with Crippen molar-refractivity contribution in [2.24, 2.45) is 0 Å². The Bertz CT molecular complexity index is 1240. The third kappa shape index (κ3) is 3.29. The van der Waals surface area contributed by atoms with Crippen LogP contribution in [0, 0.1) is 11.3 Å². The number of rotatable bonds is 3. The number of hydrogen-bond acceptors (Lipinski definition) is 5. The van der Waals surface area contributed by atoms with Crippen molar-refractivity contribution < 1.29 is 4.79 Å². The zero-order valence-electron chi connectivity index (χ0n) is 16.6. The van der Waals surface area contributed by atoms with Crippen molar-refractivity contribution in [3.63, 3.8) is 0 Å². The highest BCUT2D eigenvalue weighted by Crippen LogP contribution is 2.48. The molecule has 0 N–H and O–H groups in total. The predicted octanol–water partition coefficient (Wildman–Crippen LogP) is 5.04. The number of ketones is 1. The number of allylic oxidation sites excluding steroid dienone is 3. The summed E-state index contributed by atoms with van der Waals surface area (Å²) >= 11 is 3.44. The molecular weight excluding hydrogens is 454 g/mol. The summed E-state index contributed by atoms with van der Waals surface area (Å²) in [5, 5.41) is 10.3. The second-order valence-corrected chi connectivity index (χ2v) is 8.38. The first-order valence-corrected chi connectivity index (χ1v) is 10.8. The smallest absolute Gasteiger partial charge is 0.161 e. The number of carbonyl (C=O) groups is 1. The minimum Gasteiger partial charge on any atom is -0.309 e. The van der Waals surface area contributed by atoms with E-state index in [0.717, 1.165) is 28.6 Å². The molecule has 152 valence electrons. The molecule has 31 heavy (non-hydrogen) atoms. The molecular formula is C24H18BrN5O. The third-order valence-electron chi connectivity index (χ3n) is 5.66. The van der Waals surface area contributed by atoms with Crippen LogP contribution in [0.2, 0.25) is 0 Å². The van der Waals surface area contributed by atoms with Crippen molar-refractivity contribution in [3.05, 3.63) is 94.3 Å². The van der Waals surface area contributed by atoms with Crippen LogP contribution < -0.4 is 4.90 Å².